The third-order valence-corrected chi connectivity index (χ3v) is 3.62. The average Bonchev–Trinajstić information content (AvgIpc) is 3.23. The molecule has 0 N–H and O–H groups in total. The van der Waals surface area contributed by atoms with Crippen molar-refractivity contribution in [2.75, 3.05) is 7.11 Å². The molecule has 0 aliphatic carbocycles. The molecule has 8 heteroatoms. The lowest BCUT2D eigenvalue weighted by molar-refractivity contribution is 0.414. The molecule has 1 aromatic carbocycles. The van der Waals surface area contributed by atoms with Gasteiger partial charge in [-0.2, -0.15) is 4.80 Å². The first kappa shape index (κ1) is 16.8. The highest BCUT2D eigenvalue weighted by atomic mass is 16.5. The van der Waals surface area contributed by atoms with Gasteiger partial charge in [0.1, 0.15) is 5.75 Å². The third-order valence-electron chi connectivity index (χ3n) is 3.62. The second-order valence-corrected chi connectivity index (χ2v) is 5.57. The number of aromatic nitrogens is 6. The van der Waals surface area contributed by atoms with E-state index < -0.39 is 0 Å². The summed E-state index contributed by atoms with van der Waals surface area (Å²) >= 11 is 0. The molecule has 8 nitrogen and oxygen atoms in total. The Hall–Kier alpha value is -3.03. The summed E-state index contributed by atoms with van der Waals surface area (Å²) in [7, 11) is 3.40. The molecule has 0 aliphatic rings. The molecule has 0 amide bonds. The summed E-state index contributed by atoms with van der Waals surface area (Å²) in [4.78, 5) is 1.44. The first-order valence-electron chi connectivity index (χ1n) is 8.03. The fourth-order valence-corrected chi connectivity index (χ4v) is 2.42. The fraction of sp³-hybridized carbons (Fsp3) is 0.353. The Morgan fingerprint density at radius 3 is 2.80 bits per heavy atom. The van der Waals surface area contributed by atoms with Crippen molar-refractivity contribution >= 4 is 6.08 Å². The van der Waals surface area contributed by atoms with Gasteiger partial charge in [0, 0.05) is 24.5 Å². The van der Waals surface area contributed by atoms with E-state index in [1.807, 2.05) is 24.3 Å². The Balaban J connectivity index is 1.65. The van der Waals surface area contributed by atoms with Crippen LogP contribution in [0, 0.1) is 6.92 Å². The molecular weight excluding hydrogens is 320 g/mol. The molecule has 0 saturated heterocycles. The van der Waals surface area contributed by atoms with E-state index in [0.717, 1.165) is 36.1 Å². The molecule has 0 fully saturated rings. The van der Waals surface area contributed by atoms with Crippen molar-refractivity contribution < 1.29 is 9.15 Å². The Bertz CT molecular complexity index is 868. The van der Waals surface area contributed by atoms with Crippen LogP contribution in [0.5, 0.6) is 5.75 Å². The molecular formula is C17H20N6O2. The van der Waals surface area contributed by atoms with Gasteiger partial charge in [0.05, 0.1) is 14.2 Å². The number of nitrogens with zero attached hydrogens (tertiary/aromatic N) is 6. The summed E-state index contributed by atoms with van der Waals surface area (Å²) in [6, 6.07) is 5.82. The van der Waals surface area contributed by atoms with Crippen molar-refractivity contribution in [2.45, 2.75) is 26.2 Å². The Morgan fingerprint density at radius 2 is 2.12 bits per heavy atom. The van der Waals surface area contributed by atoms with Gasteiger partial charge in [0.15, 0.2) is 0 Å². The van der Waals surface area contributed by atoms with Crippen molar-refractivity contribution in [1.82, 2.24) is 30.4 Å². The number of rotatable bonds is 7. The van der Waals surface area contributed by atoms with E-state index in [1.54, 1.807) is 21.1 Å². The summed E-state index contributed by atoms with van der Waals surface area (Å²) in [5.74, 6) is 2.67. The largest absolute Gasteiger partial charge is 0.496 e. The molecule has 3 aromatic rings. The highest BCUT2D eigenvalue weighted by Crippen LogP contribution is 2.25. The van der Waals surface area contributed by atoms with E-state index in [0.29, 0.717) is 17.6 Å². The minimum atomic E-state index is 0.589. The smallest absolute Gasteiger partial charge is 0.216 e. The van der Waals surface area contributed by atoms with E-state index in [-0.39, 0.29) is 0 Å². The van der Waals surface area contributed by atoms with Crippen molar-refractivity contribution in [3.63, 3.8) is 0 Å². The molecule has 2 heterocycles. The van der Waals surface area contributed by atoms with E-state index in [1.165, 1.54) is 4.80 Å². The van der Waals surface area contributed by atoms with Crippen LogP contribution in [0.3, 0.4) is 0 Å². The number of unbranched alkanes of at least 4 members (excludes halogenated alkanes) is 1. The molecule has 0 radical (unpaired) electrons. The summed E-state index contributed by atoms with van der Waals surface area (Å²) in [6.07, 6.45) is 6.75. The van der Waals surface area contributed by atoms with Gasteiger partial charge in [-0.25, -0.2) is 0 Å². The van der Waals surface area contributed by atoms with E-state index in [4.69, 9.17) is 9.15 Å². The first-order chi connectivity index (χ1) is 12.2. The highest BCUT2D eigenvalue weighted by Gasteiger charge is 2.08. The number of hydrogen-bond acceptors (Lipinski definition) is 7. The van der Waals surface area contributed by atoms with Gasteiger partial charge in [-0.3, -0.25) is 0 Å². The van der Waals surface area contributed by atoms with Gasteiger partial charge >= 0.3 is 0 Å². The minimum absolute atomic E-state index is 0.589. The molecule has 130 valence electrons. The van der Waals surface area contributed by atoms with Crippen LogP contribution in [-0.2, 0) is 13.5 Å². The zero-order valence-corrected chi connectivity index (χ0v) is 14.5. The SMILES string of the molecule is COc1ccc(-c2nnn(C)n2)cc1/C=C/CCCc1nnc(C)o1. The normalized spacial score (nSPS) is 11.3. The maximum absolute atomic E-state index is 5.42. The Morgan fingerprint density at radius 1 is 1.24 bits per heavy atom. The average molecular weight is 340 g/mol. The van der Waals surface area contributed by atoms with E-state index in [2.05, 4.69) is 31.7 Å². The predicted molar refractivity (Wildman–Crippen MR) is 91.8 cm³/mol. The van der Waals surface area contributed by atoms with Gasteiger partial charge in [-0.15, -0.1) is 20.4 Å². The number of ether oxygens (including phenoxy) is 1. The molecule has 0 aliphatic heterocycles. The maximum Gasteiger partial charge on any atom is 0.216 e. The number of benzene rings is 1. The molecule has 0 bridgehead atoms. The summed E-state index contributed by atoms with van der Waals surface area (Å²) < 4.78 is 10.8. The minimum Gasteiger partial charge on any atom is -0.496 e. The van der Waals surface area contributed by atoms with Crippen LogP contribution in [0.25, 0.3) is 17.5 Å². The zero-order chi connectivity index (χ0) is 17.6. The maximum atomic E-state index is 5.42. The molecule has 0 saturated carbocycles. The fourth-order valence-electron chi connectivity index (χ4n) is 2.42. The zero-order valence-electron chi connectivity index (χ0n) is 14.5. The highest BCUT2D eigenvalue weighted by molar-refractivity contribution is 5.66. The van der Waals surface area contributed by atoms with Crippen LogP contribution in [0.2, 0.25) is 0 Å². The van der Waals surface area contributed by atoms with Crippen LogP contribution in [-0.4, -0.2) is 37.5 Å². The second-order valence-electron chi connectivity index (χ2n) is 5.57. The topological polar surface area (TPSA) is 91.8 Å². The molecule has 0 atom stereocenters. The van der Waals surface area contributed by atoms with Crippen molar-refractivity contribution in [3.8, 4) is 17.1 Å². The van der Waals surface area contributed by atoms with Crippen LogP contribution >= 0.6 is 0 Å². The lowest BCUT2D eigenvalue weighted by Gasteiger charge is -2.06. The molecule has 3 rings (SSSR count). The van der Waals surface area contributed by atoms with Gasteiger partial charge < -0.3 is 9.15 Å². The van der Waals surface area contributed by atoms with Crippen LogP contribution in [0.1, 0.15) is 30.2 Å². The van der Waals surface area contributed by atoms with Crippen LogP contribution in [0.15, 0.2) is 28.7 Å². The van der Waals surface area contributed by atoms with Crippen LogP contribution in [0.4, 0.5) is 0 Å². The molecule has 0 unspecified atom stereocenters. The summed E-state index contributed by atoms with van der Waals surface area (Å²) in [5.41, 5.74) is 1.87. The molecule has 0 spiro atoms. The van der Waals surface area contributed by atoms with Crippen molar-refractivity contribution in [3.05, 3.63) is 41.6 Å². The molecule has 25 heavy (non-hydrogen) atoms. The quantitative estimate of drug-likeness (QED) is 0.610. The van der Waals surface area contributed by atoms with Gasteiger partial charge in [-0.05, 0) is 36.3 Å². The molecule has 2 aromatic heterocycles. The Labute approximate surface area is 145 Å². The first-order valence-corrected chi connectivity index (χ1v) is 8.03. The van der Waals surface area contributed by atoms with Gasteiger partial charge in [0.25, 0.3) is 0 Å². The second kappa shape index (κ2) is 7.69. The van der Waals surface area contributed by atoms with Crippen molar-refractivity contribution in [2.24, 2.45) is 7.05 Å². The van der Waals surface area contributed by atoms with E-state index >= 15 is 0 Å². The Kier molecular flexibility index (Phi) is 5.17. The standard InChI is InChI=1S/C17H20N6O2/c1-12-18-19-16(25-12)8-6-4-5-7-13-11-14(9-10-15(13)24-3)17-20-22-23(2)21-17/h5,7,9-11H,4,6,8H2,1-3H3/b7-5+. The lowest BCUT2D eigenvalue weighted by Crippen LogP contribution is -1.92. The van der Waals surface area contributed by atoms with Gasteiger partial charge in [-0.1, -0.05) is 12.2 Å². The predicted octanol–water partition coefficient (Wildman–Crippen LogP) is 2.61. The van der Waals surface area contributed by atoms with Crippen LogP contribution < -0.4 is 4.74 Å². The lowest BCUT2D eigenvalue weighted by atomic mass is 10.1. The van der Waals surface area contributed by atoms with E-state index in [9.17, 15) is 0 Å². The number of methoxy groups -OCH3 is 1. The number of tetrazole rings is 1. The van der Waals surface area contributed by atoms with Crippen molar-refractivity contribution in [1.29, 1.82) is 0 Å². The summed E-state index contributed by atoms with van der Waals surface area (Å²) in [5, 5.41) is 20.0. The summed E-state index contributed by atoms with van der Waals surface area (Å²) in [6.45, 7) is 1.79. The monoisotopic (exact) mass is 340 g/mol. The number of allylic oxidation sites excluding steroid dienone is 1. The third kappa shape index (κ3) is 4.28. The number of hydrogen-bond donors (Lipinski definition) is 0. The van der Waals surface area contributed by atoms with Gasteiger partial charge in [0.2, 0.25) is 17.6 Å². The number of aryl methyl sites for hydroxylation is 3.